The van der Waals surface area contributed by atoms with Gasteiger partial charge in [0, 0.05) is 37.8 Å². The van der Waals surface area contributed by atoms with E-state index in [1.165, 1.54) is 22.1 Å². The largest absolute Gasteiger partial charge is 0.491 e. The van der Waals surface area contributed by atoms with Crippen LogP contribution in [0.4, 0.5) is 0 Å². The first-order valence-electron chi connectivity index (χ1n) is 13.3. The Bertz CT molecular complexity index is 2240. The molecule has 0 saturated carbocycles. The zero-order chi connectivity index (χ0) is 31.1. The summed E-state index contributed by atoms with van der Waals surface area (Å²) in [6.45, 7) is 3.73. The zero-order valence-corrected chi connectivity index (χ0v) is 25.6. The normalized spacial score (nSPS) is 11.2. The fourth-order valence-electron chi connectivity index (χ4n) is 5.12. The summed E-state index contributed by atoms with van der Waals surface area (Å²) in [5.74, 6) is -0.117. The summed E-state index contributed by atoms with van der Waals surface area (Å²) in [7, 11) is 0. The molecule has 9 nitrogen and oxygen atoms in total. The van der Waals surface area contributed by atoms with Gasteiger partial charge >= 0.3 is 5.97 Å². The van der Waals surface area contributed by atoms with E-state index in [2.05, 4.69) is 21.0 Å². The van der Waals surface area contributed by atoms with Crippen LogP contribution in [0.25, 0.3) is 43.5 Å². The van der Waals surface area contributed by atoms with Gasteiger partial charge in [0.25, 0.3) is 5.56 Å². The highest BCUT2D eigenvalue weighted by Crippen LogP contribution is 2.40. The molecule has 0 radical (unpaired) electrons. The van der Waals surface area contributed by atoms with Gasteiger partial charge in [-0.15, -0.1) is 11.3 Å². The van der Waals surface area contributed by atoms with Gasteiger partial charge in [0.2, 0.25) is 0 Å². The van der Waals surface area contributed by atoms with Crippen molar-refractivity contribution in [2.75, 3.05) is 6.61 Å². The van der Waals surface area contributed by atoms with Crippen LogP contribution in [0.15, 0.2) is 64.9 Å². The molecule has 218 valence electrons. The van der Waals surface area contributed by atoms with E-state index in [0.717, 1.165) is 5.56 Å². The lowest BCUT2D eigenvalue weighted by Gasteiger charge is -2.16. The van der Waals surface area contributed by atoms with Gasteiger partial charge in [-0.2, -0.15) is 5.26 Å². The van der Waals surface area contributed by atoms with Gasteiger partial charge in [-0.3, -0.25) is 19.3 Å². The number of carboxylic acid groups (broad SMARTS) is 1. The van der Waals surface area contributed by atoms with E-state index < -0.39 is 5.97 Å². The number of nitrogens with zero attached hydrogens (tertiary/aromatic N) is 5. The van der Waals surface area contributed by atoms with E-state index >= 15 is 0 Å². The van der Waals surface area contributed by atoms with Crippen LogP contribution in [0.2, 0.25) is 10.0 Å². The van der Waals surface area contributed by atoms with Gasteiger partial charge in [0.1, 0.15) is 24.3 Å². The van der Waals surface area contributed by atoms with Gasteiger partial charge in [-0.05, 0) is 50.2 Å². The van der Waals surface area contributed by atoms with Gasteiger partial charge in [-0.25, -0.2) is 9.78 Å². The van der Waals surface area contributed by atoms with E-state index in [1.807, 2.05) is 6.07 Å². The van der Waals surface area contributed by atoms with Crippen molar-refractivity contribution in [3.63, 3.8) is 0 Å². The molecule has 0 spiro atoms. The fourth-order valence-corrected chi connectivity index (χ4v) is 6.49. The lowest BCUT2D eigenvalue weighted by molar-refractivity contribution is 0.0699. The number of aryl methyl sites for hydroxylation is 2. The quantitative estimate of drug-likeness (QED) is 0.192. The molecule has 0 saturated heterocycles. The second-order valence-corrected chi connectivity index (χ2v) is 11.7. The third-order valence-corrected chi connectivity index (χ3v) is 8.56. The number of rotatable bonds is 7. The first-order valence-corrected chi connectivity index (χ1v) is 14.9. The van der Waals surface area contributed by atoms with E-state index in [0.29, 0.717) is 59.9 Å². The second kappa shape index (κ2) is 11.7. The maximum Gasteiger partial charge on any atom is 0.338 e. The number of ether oxygens (including phenoxy) is 1. The van der Waals surface area contributed by atoms with Crippen molar-refractivity contribution in [2.45, 2.75) is 20.4 Å². The summed E-state index contributed by atoms with van der Waals surface area (Å²) in [4.78, 5) is 39.0. The Morgan fingerprint density at radius 2 is 1.89 bits per heavy atom. The number of benzene rings is 2. The minimum atomic E-state index is -1.05. The number of halogens is 2. The fraction of sp³-hybridized carbons (Fsp3) is 0.125. The summed E-state index contributed by atoms with van der Waals surface area (Å²) >= 11 is 13.8. The van der Waals surface area contributed by atoms with Crippen molar-refractivity contribution in [3.05, 3.63) is 103 Å². The molecule has 4 heterocycles. The van der Waals surface area contributed by atoms with Crippen LogP contribution in [-0.4, -0.2) is 37.2 Å². The topological polar surface area (TPSA) is 131 Å². The van der Waals surface area contributed by atoms with Gasteiger partial charge in [-0.1, -0.05) is 35.3 Å². The van der Waals surface area contributed by atoms with Crippen molar-refractivity contribution in [1.82, 2.24) is 19.5 Å². The summed E-state index contributed by atoms with van der Waals surface area (Å²) in [6, 6.07) is 16.1. The number of thiophene rings is 1. The molecule has 6 rings (SSSR count). The van der Waals surface area contributed by atoms with Crippen LogP contribution in [-0.2, 0) is 6.54 Å². The van der Waals surface area contributed by atoms with Crippen LogP contribution in [0.3, 0.4) is 0 Å². The highest BCUT2D eigenvalue weighted by molar-refractivity contribution is 7.18. The summed E-state index contributed by atoms with van der Waals surface area (Å²) in [5, 5.41) is 22.4. The van der Waals surface area contributed by atoms with Crippen molar-refractivity contribution >= 4 is 61.6 Å². The molecule has 0 bridgehead atoms. The van der Waals surface area contributed by atoms with Crippen LogP contribution in [0.5, 0.6) is 5.75 Å². The maximum atomic E-state index is 13.8. The Hall–Kier alpha value is -4.82. The molecule has 6 aromatic rings. The molecular weight excluding hydrogens is 621 g/mol. The number of aromatic nitrogens is 4. The van der Waals surface area contributed by atoms with Crippen LogP contribution in [0.1, 0.15) is 27.4 Å². The Balaban J connectivity index is 1.37. The smallest absolute Gasteiger partial charge is 0.338 e. The summed E-state index contributed by atoms with van der Waals surface area (Å²) < 4.78 is 8.37. The molecule has 1 N–H and O–H groups in total. The molecule has 0 unspecified atom stereocenters. The summed E-state index contributed by atoms with van der Waals surface area (Å²) in [6.07, 6.45) is 1.49. The number of pyridine rings is 2. The second-order valence-electron chi connectivity index (χ2n) is 9.91. The predicted molar refractivity (Wildman–Crippen MR) is 171 cm³/mol. The molecule has 0 aliphatic heterocycles. The zero-order valence-electron chi connectivity index (χ0n) is 23.3. The molecule has 0 amide bonds. The molecule has 0 fully saturated rings. The van der Waals surface area contributed by atoms with Crippen LogP contribution in [0, 0.1) is 25.2 Å². The first-order chi connectivity index (χ1) is 21.2. The van der Waals surface area contributed by atoms with Gasteiger partial charge in [0.05, 0.1) is 50.7 Å². The van der Waals surface area contributed by atoms with E-state index in [4.69, 9.17) is 27.9 Å². The summed E-state index contributed by atoms with van der Waals surface area (Å²) in [5.41, 5.74) is 3.58. The van der Waals surface area contributed by atoms with Gasteiger partial charge < -0.3 is 9.84 Å². The SMILES string of the molecule is Cc1cc(-c2cc(Cl)ccc2OCCn2c(C)nc3cnc(-c4cccc(Cl)c4)c(C#N)c3c2=O)c2scc(C(=O)O)c2n1. The minimum absolute atomic E-state index is 0.0920. The third kappa shape index (κ3) is 5.26. The molecule has 0 aliphatic carbocycles. The number of hydrogen-bond donors (Lipinski definition) is 1. The Labute approximate surface area is 264 Å². The minimum Gasteiger partial charge on any atom is -0.491 e. The number of fused-ring (bicyclic) bond motifs is 2. The average molecular weight is 643 g/mol. The number of carbonyl (C=O) groups is 1. The Kier molecular flexibility index (Phi) is 7.78. The Morgan fingerprint density at radius 1 is 1.09 bits per heavy atom. The number of carboxylic acids is 1. The molecule has 4 aromatic heterocycles. The number of aromatic carboxylic acids is 1. The van der Waals surface area contributed by atoms with Crippen molar-refractivity contribution in [1.29, 1.82) is 5.26 Å². The van der Waals surface area contributed by atoms with Gasteiger partial charge in [0.15, 0.2) is 0 Å². The third-order valence-electron chi connectivity index (χ3n) is 7.09. The highest BCUT2D eigenvalue weighted by atomic mass is 35.5. The molecule has 0 aliphatic rings. The van der Waals surface area contributed by atoms with E-state index in [-0.39, 0.29) is 35.2 Å². The van der Waals surface area contributed by atoms with Crippen LogP contribution >= 0.6 is 34.5 Å². The van der Waals surface area contributed by atoms with Crippen molar-refractivity contribution < 1.29 is 14.6 Å². The van der Waals surface area contributed by atoms with E-state index in [9.17, 15) is 20.0 Å². The number of hydrogen-bond acceptors (Lipinski definition) is 8. The highest BCUT2D eigenvalue weighted by Gasteiger charge is 2.20. The van der Waals surface area contributed by atoms with E-state index in [1.54, 1.807) is 61.7 Å². The molecule has 0 atom stereocenters. The standard InChI is InChI=1S/C32H21Cl2N5O4S/c1-16-10-22(30-29(37-16)24(15-44-30)32(41)42)21-12-20(34)6-7-26(21)43-9-8-39-17(2)38-25-14-36-28(18-4-3-5-19(33)11-18)23(13-35)27(25)31(39)40/h3-7,10-12,14-15H,8-9H2,1-2H3,(H,41,42). The molecule has 2 aromatic carbocycles. The van der Waals surface area contributed by atoms with Crippen molar-refractivity contribution in [3.8, 4) is 34.2 Å². The molecule has 44 heavy (non-hydrogen) atoms. The monoisotopic (exact) mass is 641 g/mol. The first kappa shape index (κ1) is 29.3. The maximum absolute atomic E-state index is 13.8. The molecule has 12 heteroatoms. The number of nitriles is 1. The average Bonchev–Trinajstić information content (AvgIpc) is 3.42. The Morgan fingerprint density at radius 3 is 2.64 bits per heavy atom. The molecular formula is C32H21Cl2N5O4S. The van der Waals surface area contributed by atoms with Crippen molar-refractivity contribution in [2.24, 2.45) is 0 Å². The predicted octanol–water partition coefficient (Wildman–Crippen LogP) is 7.31. The van der Waals surface area contributed by atoms with Crippen LogP contribution < -0.4 is 10.3 Å². The lowest BCUT2D eigenvalue weighted by atomic mass is 10.0. The lowest BCUT2D eigenvalue weighted by Crippen LogP contribution is -2.27.